The Labute approximate surface area is 78.2 Å². The Morgan fingerprint density at radius 3 is 2.69 bits per heavy atom. The maximum Gasteiger partial charge on any atom is 0.321 e. The fourth-order valence-corrected chi connectivity index (χ4v) is 1.81. The lowest BCUT2D eigenvalue weighted by Gasteiger charge is -2.22. The molecule has 1 rings (SSSR count). The van der Waals surface area contributed by atoms with E-state index < -0.39 is 18.1 Å². The molecular weight excluding hydrogens is 170 g/mol. The van der Waals surface area contributed by atoms with Crippen LogP contribution < -0.4 is 0 Å². The van der Waals surface area contributed by atoms with Crippen molar-refractivity contribution in [2.45, 2.75) is 32.4 Å². The molecule has 0 unspecified atom stereocenters. The molecule has 4 heteroatoms. The Morgan fingerprint density at radius 2 is 2.23 bits per heavy atom. The summed E-state index contributed by atoms with van der Waals surface area (Å²) in [6, 6.07) is -0.489. The summed E-state index contributed by atoms with van der Waals surface area (Å²) in [6.45, 7) is 5.33. The standard InChI is InChI=1S/C9H17NO3/c1-6(2)4-10-5-7(11)3-8(10)9(12)13/h6-8,11H,3-5H2,1-2H3,(H,12,13)/t7-,8+/m1/s1. The maximum absolute atomic E-state index is 10.8. The number of likely N-dealkylation sites (tertiary alicyclic amines) is 1. The van der Waals surface area contributed by atoms with Gasteiger partial charge in [-0.05, 0) is 5.92 Å². The molecule has 1 heterocycles. The smallest absolute Gasteiger partial charge is 0.321 e. The molecular formula is C9H17NO3. The average molecular weight is 187 g/mol. The van der Waals surface area contributed by atoms with Crippen LogP contribution in [0.2, 0.25) is 0 Å². The maximum atomic E-state index is 10.8. The van der Waals surface area contributed by atoms with Gasteiger partial charge in [0.15, 0.2) is 0 Å². The number of carboxylic acids is 1. The van der Waals surface area contributed by atoms with E-state index in [9.17, 15) is 9.90 Å². The van der Waals surface area contributed by atoms with E-state index in [1.807, 2.05) is 18.7 Å². The van der Waals surface area contributed by atoms with Gasteiger partial charge in [-0.15, -0.1) is 0 Å². The van der Waals surface area contributed by atoms with E-state index in [4.69, 9.17) is 5.11 Å². The van der Waals surface area contributed by atoms with Crippen LogP contribution in [0.15, 0.2) is 0 Å². The fraction of sp³-hybridized carbons (Fsp3) is 0.889. The highest BCUT2D eigenvalue weighted by molar-refractivity contribution is 5.74. The molecule has 0 aromatic rings. The van der Waals surface area contributed by atoms with Gasteiger partial charge < -0.3 is 10.2 Å². The number of β-amino-alcohol motifs (C(OH)–C–C–N with tert-alkyl or cyclic N) is 1. The van der Waals surface area contributed by atoms with Crippen LogP contribution in [-0.4, -0.2) is 46.3 Å². The molecule has 0 saturated carbocycles. The summed E-state index contributed by atoms with van der Waals surface area (Å²) < 4.78 is 0. The lowest BCUT2D eigenvalue weighted by molar-refractivity contribution is -0.142. The lowest BCUT2D eigenvalue weighted by atomic mass is 10.1. The molecule has 0 aromatic heterocycles. The number of carboxylic acid groups (broad SMARTS) is 1. The number of aliphatic hydroxyl groups is 1. The molecule has 1 aliphatic rings. The van der Waals surface area contributed by atoms with Crippen LogP contribution in [-0.2, 0) is 4.79 Å². The normalized spacial score (nSPS) is 29.8. The zero-order valence-electron chi connectivity index (χ0n) is 8.10. The van der Waals surface area contributed by atoms with Crippen LogP contribution in [0.5, 0.6) is 0 Å². The van der Waals surface area contributed by atoms with Gasteiger partial charge in [-0.1, -0.05) is 13.8 Å². The molecule has 1 aliphatic heterocycles. The first kappa shape index (κ1) is 10.5. The number of rotatable bonds is 3. The second-order valence-electron chi connectivity index (χ2n) is 4.09. The van der Waals surface area contributed by atoms with Crippen molar-refractivity contribution in [3.05, 3.63) is 0 Å². The molecule has 0 bridgehead atoms. The van der Waals surface area contributed by atoms with E-state index in [0.717, 1.165) is 6.54 Å². The van der Waals surface area contributed by atoms with Gasteiger partial charge in [0.25, 0.3) is 0 Å². The van der Waals surface area contributed by atoms with Crippen LogP contribution >= 0.6 is 0 Å². The third-order valence-corrected chi connectivity index (χ3v) is 2.27. The molecule has 76 valence electrons. The van der Waals surface area contributed by atoms with Crippen LogP contribution in [0.3, 0.4) is 0 Å². The number of aliphatic hydroxyl groups excluding tert-OH is 1. The second kappa shape index (κ2) is 4.07. The average Bonchev–Trinajstić information content (AvgIpc) is 2.29. The molecule has 0 aliphatic carbocycles. The zero-order chi connectivity index (χ0) is 10.0. The highest BCUT2D eigenvalue weighted by Gasteiger charge is 2.35. The minimum absolute atomic E-state index is 0.363. The first-order valence-electron chi connectivity index (χ1n) is 4.65. The van der Waals surface area contributed by atoms with Gasteiger partial charge in [0.05, 0.1) is 6.10 Å². The molecule has 2 N–H and O–H groups in total. The van der Waals surface area contributed by atoms with Gasteiger partial charge >= 0.3 is 5.97 Å². The predicted molar refractivity (Wildman–Crippen MR) is 48.5 cm³/mol. The van der Waals surface area contributed by atoms with E-state index in [1.54, 1.807) is 0 Å². The number of hydrogen-bond donors (Lipinski definition) is 2. The summed E-state index contributed by atoms with van der Waals surface area (Å²) in [7, 11) is 0. The highest BCUT2D eigenvalue weighted by Crippen LogP contribution is 2.19. The van der Waals surface area contributed by atoms with Crippen molar-refractivity contribution in [3.8, 4) is 0 Å². The fourth-order valence-electron chi connectivity index (χ4n) is 1.81. The summed E-state index contributed by atoms with van der Waals surface area (Å²) in [5, 5.41) is 18.2. The molecule has 1 saturated heterocycles. The molecule has 4 nitrogen and oxygen atoms in total. The second-order valence-corrected chi connectivity index (χ2v) is 4.09. The third kappa shape index (κ3) is 2.67. The summed E-state index contributed by atoms with van der Waals surface area (Å²) in [5.41, 5.74) is 0. The van der Waals surface area contributed by atoms with E-state index in [0.29, 0.717) is 18.9 Å². The number of carbonyl (C=O) groups is 1. The SMILES string of the molecule is CC(C)CN1C[C@H](O)C[C@H]1C(=O)O. The van der Waals surface area contributed by atoms with Gasteiger partial charge in [-0.2, -0.15) is 0 Å². The Kier molecular flexibility index (Phi) is 3.27. The van der Waals surface area contributed by atoms with Gasteiger partial charge in [-0.3, -0.25) is 9.69 Å². The topological polar surface area (TPSA) is 60.8 Å². The van der Waals surface area contributed by atoms with Gasteiger partial charge in [0.1, 0.15) is 6.04 Å². The minimum atomic E-state index is -0.822. The van der Waals surface area contributed by atoms with Crippen molar-refractivity contribution in [2.75, 3.05) is 13.1 Å². The van der Waals surface area contributed by atoms with E-state index in [1.165, 1.54) is 0 Å². The molecule has 13 heavy (non-hydrogen) atoms. The number of hydrogen-bond acceptors (Lipinski definition) is 3. The highest BCUT2D eigenvalue weighted by atomic mass is 16.4. The molecule has 0 amide bonds. The van der Waals surface area contributed by atoms with Crippen molar-refractivity contribution in [3.63, 3.8) is 0 Å². The van der Waals surface area contributed by atoms with Crippen LogP contribution in [0.4, 0.5) is 0 Å². The molecule has 2 atom stereocenters. The van der Waals surface area contributed by atoms with Crippen LogP contribution in [0, 0.1) is 5.92 Å². The summed E-state index contributed by atoms with van der Waals surface area (Å²) in [4.78, 5) is 12.6. The Hall–Kier alpha value is -0.610. The Morgan fingerprint density at radius 1 is 1.62 bits per heavy atom. The summed E-state index contributed by atoms with van der Waals surface area (Å²) in [6.07, 6.45) is -0.109. The molecule has 1 fully saturated rings. The van der Waals surface area contributed by atoms with Crippen molar-refractivity contribution in [1.29, 1.82) is 0 Å². The first-order valence-corrected chi connectivity index (χ1v) is 4.65. The van der Waals surface area contributed by atoms with Crippen molar-refractivity contribution < 1.29 is 15.0 Å². The quantitative estimate of drug-likeness (QED) is 0.661. The van der Waals surface area contributed by atoms with E-state index in [-0.39, 0.29) is 0 Å². The van der Waals surface area contributed by atoms with E-state index >= 15 is 0 Å². The predicted octanol–water partition coefficient (Wildman–Crippen LogP) is 0.162. The van der Waals surface area contributed by atoms with Crippen molar-refractivity contribution >= 4 is 5.97 Å². The summed E-state index contributed by atoms with van der Waals surface area (Å²) >= 11 is 0. The zero-order valence-corrected chi connectivity index (χ0v) is 8.10. The van der Waals surface area contributed by atoms with Crippen LogP contribution in [0.1, 0.15) is 20.3 Å². The Balaban J connectivity index is 2.55. The monoisotopic (exact) mass is 187 g/mol. The van der Waals surface area contributed by atoms with Crippen molar-refractivity contribution in [1.82, 2.24) is 4.90 Å². The third-order valence-electron chi connectivity index (χ3n) is 2.27. The first-order chi connectivity index (χ1) is 6.00. The van der Waals surface area contributed by atoms with Gasteiger partial charge in [0.2, 0.25) is 0 Å². The number of nitrogens with zero attached hydrogens (tertiary/aromatic N) is 1. The van der Waals surface area contributed by atoms with E-state index in [2.05, 4.69) is 0 Å². The minimum Gasteiger partial charge on any atom is -0.480 e. The van der Waals surface area contributed by atoms with Gasteiger partial charge in [-0.25, -0.2) is 0 Å². The summed E-state index contributed by atoms with van der Waals surface area (Å²) in [5.74, 6) is -0.385. The largest absolute Gasteiger partial charge is 0.480 e. The van der Waals surface area contributed by atoms with Crippen molar-refractivity contribution in [2.24, 2.45) is 5.92 Å². The lowest BCUT2D eigenvalue weighted by Crippen LogP contribution is -2.38. The van der Waals surface area contributed by atoms with Gasteiger partial charge in [0, 0.05) is 19.5 Å². The molecule has 0 aromatic carbocycles. The molecule has 0 radical (unpaired) electrons. The number of aliphatic carboxylic acids is 1. The molecule has 0 spiro atoms. The Bertz CT molecular complexity index is 193. The van der Waals surface area contributed by atoms with Crippen LogP contribution in [0.25, 0.3) is 0 Å².